The molecule has 2 heterocycles. The van der Waals surface area contributed by atoms with Gasteiger partial charge in [0, 0.05) is 25.2 Å². The number of H-pyrrole nitrogens is 1. The van der Waals surface area contributed by atoms with Crippen molar-refractivity contribution in [3.8, 4) is 0 Å². The van der Waals surface area contributed by atoms with E-state index in [1.54, 1.807) is 11.5 Å². The highest BCUT2D eigenvalue weighted by atomic mass is 35.5. The predicted molar refractivity (Wildman–Crippen MR) is 105 cm³/mol. The summed E-state index contributed by atoms with van der Waals surface area (Å²) in [5.41, 5.74) is 6.88. The van der Waals surface area contributed by atoms with Crippen molar-refractivity contribution in [3.05, 3.63) is 38.3 Å². The summed E-state index contributed by atoms with van der Waals surface area (Å²) in [5.74, 6) is 0.406. The summed E-state index contributed by atoms with van der Waals surface area (Å²) in [6, 6.07) is 1.71. The van der Waals surface area contributed by atoms with Gasteiger partial charge >= 0.3 is 5.69 Å². The molecule has 0 spiro atoms. The average molecular weight is 395 g/mol. The first-order valence-electron chi connectivity index (χ1n) is 9.44. The molecule has 3 aliphatic rings. The SMILES string of the molecule is Cc1cc(F)c(N2C[C@@H]3CCC(N)[C@@H]3C2)c2c(=O)[nH]c(=O)n(C3CC3)c12.Cl. The highest BCUT2D eigenvalue weighted by molar-refractivity contribution is 5.94. The number of hydrogen-bond donors (Lipinski definition) is 2. The summed E-state index contributed by atoms with van der Waals surface area (Å²) in [4.78, 5) is 29.5. The maximum atomic E-state index is 15.0. The van der Waals surface area contributed by atoms with Crippen molar-refractivity contribution < 1.29 is 4.39 Å². The maximum absolute atomic E-state index is 15.0. The quantitative estimate of drug-likeness (QED) is 0.816. The summed E-state index contributed by atoms with van der Waals surface area (Å²) in [6.45, 7) is 3.15. The molecule has 0 bridgehead atoms. The summed E-state index contributed by atoms with van der Waals surface area (Å²) in [6.07, 6.45) is 3.89. The van der Waals surface area contributed by atoms with Gasteiger partial charge in [0.2, 0.25) is 0 Å². The first-order chi connectivity index (χ1) is 12.5. The summed E-state index contributed by atoms with van der Waals surface area (Å²) in [5, 5.41) is 0.308. The Bertz CT molecular complexity index is 1030. The Labute approximate surface area is 162 Å². The van der Waals surface area contributed by atoms with E-state index in [9.17, 15) is 9.59 Å². The molecule has 27 heavy (non-hydrogen) atoms. The molecule has 1 aliphatic heterocycles. The van der Waals surface area contributed by atoms with Crippen molar-refractivity contribution in [2.75, 3.05) is 18.0 Å². The van der Waals surface area contributed by atoms with E-state index in [2.05, 4.69) is 4.98 Å². The van der Waals surface area contributed by atoms with E-state index in [1.807, 2.05) is 4.90 Å². The standard InChI is InChI=1S/C19H23FN4O2.ClH/c1-9-6-13(20)17(23-7-10-2-5-14(21)12(10)8-23)15-16(9)24(11-3-4-11)19(26)22-18(15)25;/h6,10-12,14H,2-5,7-8,21H2,1H3,(H,22,25,26);1H/t10-,12+,14?;/m0./s1. The van der Waals surface area contributed by atoms with Gasteiger partial charge in [0.25, 0.3) is 5.56 Å². The van der Waals surface area contributed by atoms with Crippen molar-refractivity contribution in [2.45, 2.75) is 44.7 Å². The van der Waals surface area contributed by atoms with Gasteiger partial charge in [-0.05, 0) is 56.1 Å². The van der Waals surface area contributed by atoms with Crippen LogP contribution in [0.15, 0.2) is 15.7 Å². The molecule has 1 aromatic carbocycles. The number of fused-ring (bicyclic) bond motifs is 2. The number of benzene rings is 1. The fourth-order valence-electron chi connectivity index (χ4n) is 5.08. The van der Waals surface area contributed by atoms with E-state index >= 15 is 4.39 Å². The minimum absolute atomic E-state index is 0. The predicted octanol–water partition coefficient (Wildman–Crippen LogP) is 2.07. The lowest BCUT2D eigenvalue weighted by Crippen LogP contribution is -2.34. The zero-order valence-corrected chi connectivity index (χ0v) is 16.0. The molecule has 1 aromatic heterocycles. The third-order valence-corrected chi connectivity index (χ3v) is 6.46. The molecule has 5 rings (SSSR count). The lowest BCUT2D eigenvalue weighted by atomic mass is 9.98. The van der Waals surface area contributed by atoms with Gasteiger partial charge in [-0.2, -0.15) is 0 Å². The van der Waals surface area contributed by atoms with Crippen LogP contribution in [0.2, 0.25) is 0 Å². The van der Waals surface area contributed by atoms with E-state index in [0.29, 0.717) is 40.5 Å². The van der Waals surface area contributed by atoms with E-state index in [4.69, 9.17) is 5.73 Å². The number of rotatable bonds is 2. The Hall–Kier alpha value is -1.86. The number of hydrogen-bond acceptors (Lipinski definition) is 4. The van der Waals surface area contributed by atoms with E-state index in [-0.39, 0.29) is 24.5 Å². The number of aromatic amines is 1. The molecule has 146 valence electrons. The van der Waals surface area contributed by atoms with Crippen LogP contribution < -0.4 is 21.9 Å². The van der Waals surface area contributed by atoms with Gasteiger partial charge in [-0.1, -0.05) is 0 Å². The Morgan fingerprint density at radius 2 is 1.93 bits per heavy atom. The molecule has 0 radical (unpaired) electrons. The molecule has 6 nitrogen and oxygen atoms in total. The van der Waals surface area contributed by atoms with Crippen LogP contribution in [0.25, 0.3) is 10.9 Å². The monoisotopic (exact) mass is 394 g/mol. The Balaban J connectivity index is 0.00000180. The summed E-state index contributed by atoms with van der Waals surface area (Å²) < 4.78 is 16.7. The molecule has 2 aromatic rings. The molecule has 1 saturated heterocycles. The molecule has 1 unspecified atom stereocenters. The normalized spacial score (nSPS) is 27.1. The maximum Gasteiger partial charge on any atom is 0.329 e. The minimum Gasteiger partial charge on any atom is -0.368 e. The molecular weight excluding hydrogens is 371 g/mol. The van der Waals surface area contributed by atoms with Gasteiger partial charge in [0.05, 0.1) is 16.6 Å². The Kier molecular flexibility index (Phi) is 4.35. The number of halogens is 2. The number of aromatic nitrogens is 2. The van der Waals surface area contributed by atoms with Gasteiger partial charge < -0.3 is 10.6 Å². The van der Waals surface area contributed by atoms with Gasteiger partial charge in [-0.25, -0.2) is 9.18 Å². The van der Waals surface area contributed by atoms with Crippen LogP contribution in [-0.2, 0) is 0 Å². The van der Waals surface area contributed by atoms with Crippen molar-refractivity contribution in [1.82, 2.24) is 9.55 Å². The van der Waals surface area contributed by atoms with Gasteiger partial charge in [-0.3, -0.25) is 14.3 Å². The lowest BCUT2D eigenvalue weighted by molar-refractivity contribution is 0.453. The molecule has 8 heteroatoms. The van der Waals surface area contributed by atoms with Crippen molar-refractivity contribution in [2.24, 2.45) is 17.6 Å². The van der Waals surface area contributed by atoms with Crippen LogP contribution >= 0.6 is 12.4 Å². The number of aryl methyl sites for hydroxylation is 1. The van der Waals surface area contributed by atoms with Crippen LogP contribution in [0.5, 0.6) is 0 Å². The molecule has 3 atom stereocenters. The smallest absolute Gasteiger partial charge is 0.329 e. The van der Waals surface area contributed by atoms with E-state index < -0.39 is 17.1 Å². The fraction of sp³-hybridized carbons (Fsp3) is 0.579. The van der Waals surface area contributed by atoms with E-state index in [1.165, 1.54) is 6.07 Å². The second-order valence-corrected chi connectivity index (χ2v) is 8.18. The Morgan fingerprint density at radius 1 is 1.19 bits per heavy atom. The second kappa shape index (κ2) is 6.34. The van der Waals surface area contributed by atoms with Crippen molar-refractivity contribution >= 4 is 29.0 Å². The van der Waals surface area contributed by atoms with Crippen LogP contribution in [0.4, 0.5) is 10.1 Å². The zero-order valence-electron chi connectivity index (χ0n) is 15.2. The highest BCUT2D eigenvalue weighted by Gasteiger charge is 2.42. The first-order valence-corrected chi connectivity index (χ1v) is 9.44. The van der Waals surface area contributed by atoms with Crippen LogP contribution in [0.3, 0.4) is 0 Å². The molecule has 0 amide bonds. The van der Waals surface area contributed by atoms with E-state index in [0.717, 1.165) is 32.2 Å². The Morgan fingerprint density at radius 3 is 2.59 bits per heavy atom. The highest BCUT2D eigenvalue weighted by Crippen LogP contribution is 2.42. The molecule has 2 aliphatic carbocycles. The third-order valence-electron chi connectivity index (χ3n) is 6.46. The largest absolute Gasteiger partial charge is 0.368 e. The topological polar surface area (TPSA) is 84.1 Å². The van der Waals surface area contributed by atoms with Gasteiger partial charge in [0.15, 0.2) is 0 Å². The number of nitrogens with one attached hydrogen (secondary N) is 1. The summed E-state index contributed by atoms with van der Waals surface area (Å²) >= 11 is 0. The molecule has 3 N–H and O–H groups in total. The number of nitrogens with two attached hydrogens (primary N) is 1. The van der Waals surface area contributed by atoms with Crippen LogP contribution in [0.1, 0.15) is 37.3 Å². The minimum atomic E-state index is -0.499. The number of anilines is 1. The molecule has 3 fully saturated rings. The fourth-order valence-corrected chi connectivity index (χ4v) is 5.08. The van der Waals surface area contributed by atoms with Crippen LogP contribution in [0, 0.1) is 24.6 Å². The van der Waals surface area contributed by atoms with Crippen molar-refractivity contribution in [1.29, 1.82) is 0 Å². The first kappa shape index (κ1) is 18.5. The summed E-state index contributed by atoms with van der Waals surface area (Å²) in [7, 11) is 0. The zero-order chi connectivity index (χ0) is 18.2. The second-order valence-electron chi connectivity index (χ2n) is 8.18. The van der Waals surface area contributed by atoms with Gasteiger partial charge in [0.1, 0.15) is 5.82 Å². The molecular formula is C19H24ClFN4O2. The van der Waals surface area contributed by atoms with Crippen molar-refractivity contribution in [3.63, 3.8) is 0 Å². The number of nitrogens with zero attached hydrogens (tertiary/aromatic N) is 2. The molecule has 2 saturated carbocycles. The average Bonchev–Trinajstić information content (AvgIpc) is 3.23. The van der Waals surface area contributed by atoms with Crippen LogP contribution in [-0.4, -0.2) is 28.7 Å². The van der Waals surface area contributed by atoms with Gasteiger partial charge in [-0.15, -0.1) is 12.4 Å². The lowest BCUT2D eigenvalue weighted by Gasteiger charge is -2.24. The third kappa shape index (κ3) is 2.70.